The molecule has 0 radical (unpaired) electrons. The lowest BCUT2D eigenvalue weighted by Crippen LogP contribution is -2.13. The highest BCUT2D eigenvalue weighted by molar-refractivity contribution is 6.05. The average Bonchev–Trinajstić information content (AvgIpc) is 2.41. The molecule has 0 unspecified atom stereocenters. The van der Waals surface area contributed by atoms with Gasteiger partial charge in [0.25, 0.3) is 5.91 Å². The van der Waals surface area contributed by atoms with Gasteiger partial charge < -0.3 is 11.1 Å². The Bertz CT molecular complexity index is 659. The number of benzene rings is 2. The molecule has 0 heterocycles. The van der Waals surface area contributed by atoms with Crippen LogP contribution in [0, 0.1) is 17.1 Å². The third-order valence-electron chi connectivity index (χ3n) is 2.52. The van der Waals surface area contributed by atoms with Crippen LogP contribution in [0.1, 0.15) is 15.9 Å². The summed E-state index contributed by atoms with van der Waals surface area (Å²) in [5.74, 6) is -0.831. The first-order valence-electron chi connectivity index (χ1n) is 5.46. The summed E-state index contributed by atoms with van der Waals surface area (Å²) >= 11 is 0. The largest absolute Gasteiger partial charge is 0.399 e. The fourth-order valence-electron chi connectivity index (χ4n) is 1.56. The predicted octanol–water partition coefficient (Wildman–Crippen LogP) is 2.53. The second-order valence-electron chi connectivity index (χ2n) is 3.88. The Kier molecular flexibility index (Phi) is 3.44. The van der Waals surface area contributed by atoms with Crippen LogP contribution in [0.3, 0.4) is 0 Å². The fraction of sp³-hybridized carbons (Fsp3) is 0. The minimum Gasteiger partial charge on any atom is -0.399 e. The van der Waals surface area contributed by atoms with Gasteiger partial charge in [0.2, 0.25) is 0 Å². The standard InChI is InChI=1S/C14H10FN3O/c15-11-3-1-9(2-4-11)14(19)18-13-6-5-12(17)7-10(13)8-16/h1-7H,17H2,(H,18,19). The number of hydrogen-bond donors (Lipinski definition) is 2. The quantitative estimate of drug-likeness (QED) is 0.809. The Labute approximate surface area is 109 Å². The SMILES string of the molecule is N#Cc1cc(N)ccc1NC(=O)c1ccc(F)cc1. The molecule has 0 aromatic heterocycles. The Morgan fingerprint density at radius 2 is 1.89 bits per heavy atom. The summed E-state index contributed by atoms with van der Waals surface area (Å²) in [5, 5.41) is 11.5. The number of anilines is 2. The predicted molar refractivity (Wildman–Crippen MR) is 69.9 cm³/mol. The number of hydrogen-bond acceptors (Lipinski definition) is 3. The van der Waals surface area contributed by atoms with Crippen molar-refractivity contribution >= 4 is 17.3 Å². The highest BCUT2D eigenvalue weighted by Gasteiger charge is 2.09. The second kappa shape index (κ2) is 5.19. The third-order valence-corrected chi connectivity index (χ3v) is 2.52. The molecule has 2 rings (SSSR count). The second-order valence-corrected chi connectivity index (χ2v) is 3.88. The number of nitrogens with two attached hydrogens (primary N) is 1. The van der Waals surface area contributed by atoms with Crippen molar-refractivity contribution in [2.24, 2.45) is 0 Å². The molecule has 2 aromatic rings. The van der Waals surface area contributed by atoms with E-state index in [2.05, 4.69) is 5.32 Å². The number of amides is 1. The Hall–Kier alpha value is -2.87. The lowest BCUT2D eigenvalue weighted by Gasteiger charge is -2.07. The van der Waals surface area contributed by atoms with Gasteiger partial charge >= 0.3 is 0 Å². The average molecular weight is 255 g/mol. The first-order chi connectivity index (χ1) is 9.10. The molecule has 0 saturated heterocycles. The summed E-state index contributed by atoms with van der Waals surface area (Å²) in [4.78, 5) is 11.9. The molecule has 0 aliphatic rings. The molecule has 0 fully saturated rings. The van der Waals surface area contributed by atoms with E-state index >= 15 is 0 Å². The van der Waals surface area contributed by atoms with Crippen LogP contribution < -0.4 is 11.1 Å². The number of halogens is 1. The van der Waals surface area contributed by atoms with Crippen molar-refractivity contribution < 1.29 is 9.18 Å². The van der Waals surface area contributed by atoms with Gasteiger partial charge in [0, 0.05) is 11.3 Å². The molecule has 94 valence electrons. The van der Waals surface area contributed by atoms with E-state index in [1.165, 1.54) is 30.3 Å². The smallest absolute Gasteiger partial charge is 0.255 e. The van der Waals surface area contributed by atoms with Gasteiger partial charge in [0.1, 0.15) is 11.9 Å². The van der Waals surface area contributed by atoms with Gasteiger partial charge in [0.15, 0.2) is 0 Å². The van der Waals surface area contributed by atoms with Gasteiger partial charge in [0.05, 0.1) is 11.3 Å². The zero-order chi connectivity index (χ0) is 13.8. The van der Waals surface area contributed by atoms with Crippen LogP contribution in [-0.2, 0) is 0 Å². The minimum atomic E-state index is -0.415. The summed E-state index contributed by atoms with van der Waals surface area (Å²) in [6.07, 6.45) is 0. The fourth-order valence-corrected chi connectivity index (χ4v) is 1.56. The van der Waals surface area contributed by atoms with Crippen LogP contribution in [0.15, 0.2) is 42.5 Å². The van der Waals surface area contributed by atoms with E-state index in [0.717, 1.165) is 0 Å². The molecule has 0 aliphatic heterocycles. The van der Waals surface area contributed by atoms with Gasteiger partial charge in [-0.1, -0.05) is 0 Å². The van der Waals surface area contributed by atoms with Crippen LogP contribution in [-0.4, -0.2) is 5.91 Å². The molecule has 4 nitrogen and oxygen atoms in total. The third kappa shape index (κ3) is 2.87. The van der Waals surface area contributed by atoms with E-state index in [4.69, 9.17) is 11.0 Å². The number of nitrogen functional groups attached to an aromatic ring is 1. The zero-order valence-corrected chi connectivity index (χ0v) is 9.85. The molecule has 5 heteroatoms. The van der Waals surface area contributed by atoms with Crippen molar-refractivity contribution in [2.75, 3.05) is 11.1 Å². The molecule has 0 saturated carbocycles. The molecular weight excluding hydrogens is 245 g/mol. The summed E-state index contributed by atoms with van der Waals surface area (Å²) in [7, 11) is 0. The summed E-state index contributed by atoms with van der Waals surface area (Å²) in [5.41, 5.74) is 6.94. The maximum absolute atomic E-state index is 12.8. The Morgan fingerprint density at radius 1 is 1.21 bits per heavy atom. The summed E-state index contributed by atoms with van der Waals surface area (Å²) < 4.78 is 12.8. The first kappa shape index (κ1) is 12.6. The summed E-state index contributed by atoms with van der Waals surface area (Å²) in [6, 6.07) is 11.7. The number of nitrogens with one attached hydrogen (secondary N) is 1. The molecule has 1 amide bonds. The number of carbonyl (C=O) groups is 1. The number of nitriles is 1. The zero-order valence-electron chi connectivity index (χ0n) is 9.85. The van der Waals surface area contributed by atoms with Crippen LogP contribution in [0.25, 0.3) is 0 Å². The van der Waals surface area contributed by atoms with E-state index in [-0.39, 0.29) is 5.56 Å². The van der Waals surface area contributed by atoms with Crippen molar-refractivity contribution in [3.05, 3.63) is 59.4 Å². The summed E-state index contributed by atoms with van der Waals surface area (Å²) in [6.45, 7) is 0. The molecule has 2 aromatic carbocycles. The molecular formula is C14H10FN3O. The van der Waals surface area contributed by atoms with Crippen molar-refractivity contribution in [3.63, 3.8) is 0 Å². The number of carbonyl (C=O) groups excluding carboxylic acids is 1. The van der Waals surface area contributed by atoms with Gasteiger partial charge in [-0.2, -0.15) is 5.26 Å². The molecule has 0 atom stereocenters. The van der Waals surface area contributed by atoms with Gasteiger partial charge in [-0.15, -0.1) is 0 Å². The van der Waals surface area contributed by atoms with Crippen LogP contribution in [0.2, 0.25) is 0 Å². The molecule has 0 aliphatic carbocycles. The Balaban J connectivity index is 2.24. The van der Waals surface area contributed by atoms with Crippen molar-refractivity contribution in [2.45, 2.75) is 0 Å². The molecule has 0 bridgehead atoms. The topological polar surface area (TPSA) is 78.9 Å². The lowest BCUT2D eigenvalue weighted by molar-refractivity contribution is 0.102. The van der Waals surface area contributed by atoms with E-state index < -0.39 is 11.7 Å². The van der Waals surface area contributed by atoms with Gasteiger partial charge in [-0.25, -0.2) is 4.39 Å². The van der Waals surface area contributed by atoms with Crippen LogP contribution >= 0.6 is 0 Å². The maximum atomic E-state index is 12.8. The van der Waals surface area contributed by atoms with Gasteiger partial charge in [-0.05, 0) is 42.5 Å². The lowest BCUT2D eigenvalue weighted by atomic mass is 10.1. The van der Waals surface area contributed by atoms with Crippen LogP contribution in [0.5, 0.6) is 0 Å². The van der Waals surface area contributed by atoms with Crippen molar-refractivity contribution in [1.29, 1.82) is 5.26 Å². The van der Waals surface area contributed by atoms with E-state index in [0.29, 0.717) is 16.9 Å². The monoisotopic (exact) mass is 255 g/mol. The normalized spacial score (nSPS) is 9.68. The maximum Gasteiger partial charge on any atom is 0.255 e. The van der Waals surface area contributed by atoms with Crippen molar-refractivity contribution in [1.82, 2.24) is 0 Å². The molecule has 19 heavy (non-hydrogen) atoms. The van der Waals surface area contributed by atoms with E-state index in [1.54, 1.807) is 12.1 Å². The van der Waals surface area contributed by atoms with E-state index in [9.17, 15) is 9.18 Å². The highest BCUT2D eigenvalue weighted by Crippen LogP contribution is 2.18. The molecule has 0 spiro atoms. The Morgan fingerprint density at radius 3 is 2.53 bits per heavy atom. The van der Waals surface area contributed by atoms with Crippen molar-refractivity contribution in [3.8, 4) is 6.07 Å². The first-order valence-corrected chi connectivity index (χ1v) is 5.46. The molecule has 3 N–H and O–H groups in total. The van der Waals surface area contributed by atoms with Crippen LogP contribution in [0.4, 0.5) is 15.8 Å². The highest BCUT2D eigenvalue weighted by atomic mass is 19.1. The number of nitrogens with zero attached hydrogens (tertiary/aromatic N) is 1. The number of rotatable bonds is 2. The minimum absolute atomic E-state index is 0.274. The van der Waals surface area contributed by atoms with Gasteiger partial charge in [-0.3, -0.25) is 4.79 Å². The van der Waals surface area contributed by atoms with E-state index in [1.807, 2.05) is 6.07 Å².